The van der Waals surface area contributed by atoms with Crippen molar-refractivity contribution in [1.82, 2.24) is 0 Å². The lowest BCUT2D eigenvalue weighted by Gasteiger charge is -2.13. The average molecular weight is 372 g/mol. The van der Waals surface area contributed by atoms with Crippen molar-refractivity contribution in [2.24, 2.45) is 5.14 Å². The Morgan fingerprint density at radius 2 is 1.95 bits per heavy atom. The molecule has 8 heteroatoms. The number of hydrogen-bond acceptors (Lipinski definition) is 5. The van der Waals surface area contributed by atoms with Crippen LogP contribution in [-0.2, 0) is 10.0 Å². The minimum atomic E-state index is -3.86. The molecule has 0 spiro atoms. The van der Waals surface area contributed by atoms with E-state index in [-0.39, 0.29) is 10.6 Å². The molecule has 0 fully saturated rings. The number of ether oxygens (including phenoxy) is 1. The van der Waals surface area contributed by atoms with Crippen molar-refractivity contribution in [3.05, 3.63) is 40.9 Å². The SMILES string of the molecule is COc1ccc(Nc2cccc(S(N)(=O)=O)c2N)cc1Br. The first-order chi connectivity index (χ1) is 9.82. The predicted octanol–water partition coefficient (Wildman–Crippen LogP) is 2.43. The number of halogens is 1. The summed E-state index contributed by atoms with van der Waals surface area (Å²) in [7, 11) is -2.29. The third kappa shape index (κ3) is 3.46. The van der Waals surface area contributed by atoms with E-state index in [4.69, 9.17) is 15.6 Å². The van der Waals surface area contributed by atoms with Crippen LogP contribution < -0.4 is 20.9 Å². The van der Waals surface area contributed by atoms with E-state index >= 15 is 0 Å². The van der Waals surface area contributed by atoms with E-state index in [1.54, 1.807) is 37.4 Å². The molecule has 112 valence electrons. The molecular weight excluding hydrogens is 358 g/mol. The second-order valence-corrected chi connectivity index (χ2v) is 6.62. The van der Waals surface area contributed by atoms with Crippen molar-refractivity contribution in [1.29, 1.82) is 0 Å². The van der Waals surface area contributed by atoms with Gasteiger partial charge in [-0.05, 0) is 46.3 Å². The van der Waals surface area contributed by atoms with Gasteiger partial charge in [0.25, 0.3) is 0 Å². The van der Waals surface area contributed by atoms with Gasteiger partial charge in [-0.1, -0.05) is 6.07 Å². The lowest BCUT2D eigenvalue weighted by Crippen LogP contribution is -2.15. The van der Waals surface area contributed by atoms with E-state index in [1.807, 2.05) is 0 Å². The molecule has 0 aliphatic heterocycles. The Bertz CT molecular complexity index is 778. The number of nitrogen functional groups attached to an aromatic ring is 1. The molecule has 6 nitrogen and oxygen atoms in total. The monoisotopic (exact) mass is 371 g/mol. The standard InChI is InChI=1S/C13H14BrN3O3S/c1-20-11-6-5-8(7-9(11)14)17-10-3-2-4-12(13(10)15)21(16,18)19/h2-7,17H,15H2,1H3,(H2,16,18,19). The van der Waals surface area contributed by atoms with Crippen LogP contribution >= 0.6 is 15.9 Å². The van der Waals surface area contributed by atoms with Gasteiger partial charge in [-0.2, -0.15) is 0 Å². The molecule has 0 saturated carbocycles. The topological polar surface area (TPSA) is 107 Å². The number of anilines is 3. The number of hydrogen-bond donors (Lipinski definition) is 3. The van der Waals surface area contributed by atoms with Gasteiger partial charge in [-0.3, -0.25) is 0 Å². The maximum absolute atomic E-state index is 11.4. The number of primary sulfonamides is 1. The second-order valence-electron chi connectivity index (χ2n) is 4.24. The largest absolute Gasteiger partial charge is 0.496 e. The summed E-state index contributed by atoms with van der Waals surface area (Å²) < 4.78 is 28.8. The minimum Gasteiger partial charge on any atom is -0.496 e. The van der Waals surface area contributed by atoms with Crippen molar-refractivity contribution in [3.8, 4) is 5.75 Å². The van der Waals surface area contributed by atoms with Gasteiger partial charge in [-0.15, -0.1) is 0 Å². The molecule has 0 amide bonds. The highest BCUT2D eigenvalue weighted by Crippen LogP contribution is 2.32. The maximum Gasteiger partial charge on any atom is 0.240 e. The normalized spacial score (nSPS) is 11.2. The number of benzene rings is 2. The Hall–Kier alpha value is -1.77. The Labute approximate surface area is 131 Å². The van der Waals surface area contributed by atoms with Gasteiger partial charge < -0.3 is 15.8 Å². The van der Waals surface area contributed by atoms with E-state index in [0.29, 0.717) is 11.4 Å². The third-order valence-corrected chi connectivity index (χ3v) is 4.39. The summed E-state index contributed by atoms with van der Waals surface area (Å²) >= 11 is 3.37. The molecule has 0 radical (unpaired) electrons. The van der Waals surface area contributed by atoms with Crippen LogP contribution in [0.25, 0.3) is 0 Å². The van der Waals surface area contributed by atoms with Crippen LogP contribution in [-0.4, -0.2) is 15.5 Å². The van der Waals surface area contributed by atoms with Gasteiger partial charge in [-0.25, -0.2) is 13.6 Å². The highest BCUT2D eigenvalue weighted by Gasteiger charge is 2.15. The lowest BCUT2D eigenvalue weighted by atomic mass is 10.2. The zero-order valence-electron chi connectivity index (χ0n) is 11.1. The molecule has 0 aromatic heterocycles. The van der Waals surface area contributed by atoms with Gasteiger partial charge in [0, 0.05) is 5.69 Å². The lowest BCUT2D eigenvalue weighted by molar-refractivity contribution is 0.412. The molecule has 0 unspecified atom stereocenters. The Balaban J connectivity index is 2.39. The first-order valence-corrected chi connectivity index (χ1v) is 8.18. The van der Waals surface area contributed by atoms with Gasteiger partial charge in [0.1, 0.15) is 10.6 Å². The summed E-state index contributed by atoms with van der Waals surface area (Å²) in [6, 6.07) is 9.94. The zero-order valence-corrected chi connectivity index (χ0v) is 13.5. The number of rotatable bonds is 4. The van der Waals surface area contributed by atoms with Gasteiger partial charge in [0.05, 0.1) is 23.0 Å². The molecule has 0 bridgehead atoms. The van der Waals surface area contributed by atoms with Crippen molar-refractivity contribution in [2.45, 2.75) is 4.90 Å². The average Bonchev–Trinajstić information content (AvgIpc) is 2.40. The first-order valence-electron chi connectivity index (χ1n) is 5.85. The van der Waals surface area contributed by atoms with Crippen molar-refractivity contribution in [3.63, 3.8) is 0 Å². The van der Waals surface area contributed by atoms with Crippen LogP contribution in [0.15, 0.2) is 45.8 Å². The number of nitrogens with one attached hydrogen (secondary N) is 1. The molecule has 0 saturated heterocycles. The Morgan fingerprint density at radius 3 is 2.52 bits per heavy atom. The van der Waals surface area contributed by atoms with Crippen LogP contribution in [0, 0.1) is 0 Å². The second kappa shape index (κ2) is 5.92. The fraction of sp³-hybridized carbons (Fsp3) is 0.0769. The minimum absolute atomic E-state index is 0.0759. The molecule has 0 aliphatic carbocycles. The fourth-order valence-corrected chi connectivity index (χ4v) is 3.03. The number of nitrogens with two attached hydrogens (primary N) is 2. The van der Waals surface area contributed by atoms with Gasteiger partial charge >= 0.3 is 0 Å². The van der Waals surface area contributed by atoms with Crippen LogP contribution in [0.1, 0.15) is 0 Å². The molecule has 0 aliphatic rings. The highest BCUT2D eigenvalue weighted by atomic mass is 79.9. The Kier molecular flexibility index (Phi) is 4.40. The van der Waals surface area contributed by atoms with Crippen LogP contribution in [0.2, 0.25) is 0 Å². The quantitative estimate of drug-likeness (QED) is 0.715. The molecular formula is C13H14BrN3O3S. The van der Waals surface area contributed by atoms with Crippen LogP contribution in [0.5, 0.6) is 5.75 Å². The summed E-state index contributed by atoms with van der Waals surface area (Å²) in [6.45, 7) is 0. The first kappa shape index (κ1) is 15.6. The van der Waals surface area contributed by atoms with E-state index in [1.165, 1.54) is 6.07 Å². The molecule has 21 heavy (non-hydrogen) atoms. The number of para-hydroxylation sites is 1. The van der Waals surface area contributed by atoms with Gasteiger partial charge in [0.2, 0.25) is 10.0 Å². The van der Waals surface area contributed by atoms with Gasteiger partial charge in [0.15, 0.2) is 0 Å². The molecule has 5 N–H and O–H groups in total. The smallest absolute Gasteiger partial charge is 0.240 e. The van der Waals surface area contributed by atoms with Crippen LogP contribution in [0.3, 0.4) is 0 Å². The summed E-state index contributed by atoms with van der Waals surface area (Å²) in [5.41, 5.74) is 7.11. The fourth-order valence-electron chi connectivity index (χ4n) is 1.80. The van der Waals surface area contributed by atoms with E-state index in [9.17, 15) is 8.42 Å². The summed E-state index contributed by atoms with van der Waals surface area (Å²) in [5, 5.41) is 8.17. The molecule has 2 aromatic rings. The summed E-state index contributed by atoms with van der Waals surface area (Å²) in [6.07, 6.45) is 0. The number of sulfonamides is 1. The van der Waals surface area contributed by atoms with Crippen molar-refractivity contribution in [2.75, 3.05) is 18.2 Å². The predicted molar refractivity (Wildman–Crippen MR) is 86.2 cm³/mol. The molecule has 0 atom stereocenters. The van der Waals surface area contributed by atoms with E-state index in [2.05, 4.69) is 21.2 Å². The van der Waals surface area contributed by atoms with E-state index < -0.39 is 10.0 Å². The molecule has 0 heterocycles. The summed E-state index contributed by atoms with van der Waals surface area (Å²) in [4.78, 5) is -0.111. The molecule has 2 aromatic carbocycles. The van der Waals surface area contributed by atoms with E-state index in [0.717, 1.165) is 10.2 Å². The van der Waals surface area contributed by atoms with Crippen molar-refractivity contribution >= 4 is 43.0 Å². The zero-order chi connectivity index (χ0) is 15.6. The van der Waals surface area contributed by atoms with Crippen molar-refractivity contribution < 1.29 is 13.2 Å². The molecule has 2 rings (SSSR count). The Morgan fingerprint density at radius 1 is 1.24 bits per heavy atom. The van der Waals surface area contributed by atoms with Crippen LogP contribution in [0.4, 0.5) is 17.1 Å². The summed E-state index contributed by atoms with van der Waals surface area (Å²) in [5.74, 6) is 0.687. The third-order valence-electron chi connectivity index (χ3n) is 2.80. The maximum atomic E-state index is 11.4. The number of methoxy groups -OCH3 is 1. The highest BCUT2D eigenvalue weighted by molar-refractivity contribution is 9.10.